The summed E-state index contributed by atoms with van der Waals surface area (Å²) in [6.07, 6.45) is 5.25. The van der Waals surface area contributed by atoms with E-state index in [0.29, 0.717) is 11.8 Å². The highest BCUT2D eigenvalue weighted by atomic mass is 16.5. The molecule has 1 aliphatic rings. The highest BCUT2D eigenvalue weighted by Crippen LogP contribution is 2.20. The van der Waals surface area contributed by atoms with Crippen molar-refractivity contribution in [2.75, 3.05) is 32.1 Å². The molecule has 1 aromatic rings. The van der Waals surface area contributed by atoms with Crippen molar-refractivity contribution in [1.82, 2.24) is 14.9 Å². The van der Waals surface area contributed by atoms with Gasteiger partial charge in [-0.3, -0.25) is 4.79 Å². The summed E-state index contributed by atoms with van der Waals surface area (Å²) < 4.78 is 5.04. The Morgan fingerprint density at radius 3 is 2.42 bits per heavy atom. The third kappa shape index (κ3) is 3.13. The summed E-state index contributed by atoms with van der Waals surface area (Å²) in [5.74, 6) is 1.51. The molecule has 6 heteroatoms. The number of hydrogen-bond donors (Lipinski definition) is 0. The van der Waals surface area contributed by atoms with Crippen LogP contribution in [0.25, 0.3) is 0 Å². The molecular formula is C13H20N4O2. The molecule has 0 radical (unpaired) electrons. The van der Waals surface area contributed by atoms with Gasteiger partial charge in [0, 0.05) is 33.1 Å². The van der Waals surface area contributed by atoms with Crippen molar-refractivity contribution in [3.05, 3.63) is 12.4 Å². The van der Waals surface area contributed by atoms with E-state index < -0.39 is 0 Å². The molecule has 0 aromatic carbocycles. The van der Waals surface area contributed by atoms with Crippen molar-refractivity contribution in [1.29, 1.82) is 0 Å². The minimum atomic E-state index is 0.124. The van der Waals surface area contributed by atoms with Crippen LogP contribution in [0.3, 0.4) is 0 Å². The average molecular weight is 264 g/mol. The Morgan fingerprint density at radius 1 is 1.37 bits per heavy atom. The van der Waals surface area contributed by atoms with Gasteiger partial charge in [-0.25, -0.2) is 9.97 Å². The Bertz CT molecular complexity index is 427. The summed E-state index contributed by atoms with van der Waals surface area (Å²) in [5.41, 5.74) is 0. The van der Waals surface area contributed by atoms with E-state index in [-0.39, 0.29) is 5.91 Å². The molecule has 1 fully saturated rings. The number of hydrogen-bond acceptors (Lipinski definition) is 5. The summed E-state index contributed by atoms with van der Waals surface area (Å²) in [4.78, 5) is 23.9. The summed E-state index contributed by atoms with van der Waals surface area (Å²) >= 11 is 0. The van der Waals surface area contributed by atoms with Crippen LogP contribution in [0.1, 0.15) is 19.8 Å². The van der Waals surface area contributed by atoms with Crippen LogP contribution in [0.15, 0.2) is 12.4 Å². The number of methoxy groups -OCH3 is 1. The molecule has 2 heterocycles. The lowest BCUT2D eigenvalue weighted by molar-refractivity contribution is -0.129. The average Bonchev–Trinajstić information content (AvgIpc) is 2.46. The Labute approximate surface area is 113 Å². The molecule has 0 saturated carbocycles. The standard InChI is InChI=1S/C13H20N4O2/c1-10(18)16(2)11-4-6-17(7-5-11)13-14-8-12(19-3)9-15-13/h8-9,11H,4-7H2,1-3H3. The number of amides is 1. The second-order valence-electron chi connectivity index (χ2n) is 4.77. The SMILES string of the molecule is COc1cnc(N2CCC(N(C)C(C)=O)CC2)nc1. The van der Waals surface area contributed by atoms with Gasteiger partial charge in [0.25, 0.3) is 0 Å². The number of nitrogens with zero attached hydrogens (tertiary/aromatic N) is 4. The minimum Gasteiger partial charge on any atom is -0.494 e. The molecule has 0 atom stereocenters. The fourth-order valence-electron chi connectivity index (χ4n) is 2.29. The van der Waals surface area contributed by atoms with Crippen LogP contribution in [0.2, 0.25) is 0 Å². The first kappa shape index (κ1) is 13.6. The number of aromatic nitrogens is 2. The van der Waals surface area contributed by atoms with Crippen LogP contribution < -0.4 is 9.64 Å². The smallest absolute Gasteiger partial charge is 0.225 e. The number of carbonyl (C=O) groups excluding carboxylic acids is 1. The van der Waals surface area contributed by atoms with Gasteiger partial charge in [0.2, 0.25) is 11.9 Å². The summed E-state index contributed by atoms with van der Waals surface area (Å²) in [6.45, 7) is 3.35. The molecule has 6 nitrogen and oxygen atoms in total. The van der Waals surface area contributed by atoms with E-state index >= 15 is 0 Å². The second-order valence-corrected chi connectivity index (χ2v) is 4.77. The molecule has 2 rings (SSSR count). The number of rotatable bonds is 3. The fraction of sp³-hybridized carbons (Fsp3) is 0.615. The first-order valence-corrected chi connectivity index (χ1v) is 6.46. The zero-order valence-corrected chi connectivity index (χ0v) is 11.7. The highest BCUT2D eigenvalue weighted by molar-refractivity contribution is 5.73. The highest BCUT2D eigenvalue weighted by Gasteiger charge is 2.24. The van der Waals surface area contributed by atoms with Crippen LogP contribution in [0, 0.1) is 0 Å². The Kier molecular flexibility index (Phi) is 4.19. The van der Waals surface area contributed by atoms with Crippen molar-refractivity contribution < 1.29 is 9.53 Å². The molecular weight excluding hydrogens is 244 g/mol. The lowest BCUT2D eigenvalue weighted by Gasteiger charge is -2.36. The van der Waals surface area contributed by atoms with Gasteiger partial charge in [-0.15, -0.1) is 0 Å². The fourth-order valence-corrected chi connectivity index (χ4v) is 2.29. The van der Waals surface area contributed by atoms with E-state index in [2.05, 4.69) is 14.9 Å². The van der Waals surface area contributed by atoms with Crippen molar-refractivity contribution in [2.24, 2.45) is 0 Å². The van der Waals surface area contributed by atoms with Gasteiger partial charge in [-0.2, -0.15) is 0 Å². The molecule has 1 saturated heterocycles. The van der Waals surface area contributed by atoms with E-state index in [4.69, 9.17) is 4.74 Å². The van der Waals surface area contributed by atoms with E-state index in [9.17, 15) is 4.79 Å². The second kappa shape index (κ2) is 5.86. The van der Waals surface area contributed by atoms with Crippen LogP contribution >= 0.6 is 0 Å². The molecule has 0 bridgehead atoms. The van der Waals surface area contributed by atoms with E-state index in [0.717, 1.165) is 31.9 Å². The lowest BCUT2D eigenvalue weighted by atomic mass is 10.0. The van der Waals surface area contributed by atoms with Crippen molar-refractivity contribution >= 4 is 11.9 Å². The van der Waals surface area contributed by atoms with Gasteiger partial charge in [0.15, 0.2) is 5.75 Å². The zero-order valence-electron chi connectivity index (χ0n) is 11.7. The van der Waals surface area contributed by atoms with Crippen LogP contribution in [0.4, 0.5) is 5.95 Å². The third-order valence-corrected chi connectivity index (χ3v) is 3.64. The largest absolute Gasteiger partial charge is 0.494 e. The summed E-state index contributed by atoms with van der Waals surface area (Å²) in [5, 5.41) is 0. The van der Waals surface area contributed by atoms with Crippen molar-refractivity contribution in [3.63, 3.8) is 0 Å². The molecule has 1 aromatic heterocycles. The predicted octanol–water partition coefficient (Wildman–Crippen LogP) is 0.932. The summed E-state index contributed by atoms with van der Waals surface area (Å²) in [6, 6.07) is 0.326. The molecule has 0 aliphatic carbocycles. The van der Waals surface area contributed by atoms with Gasteiger partial charge in [-0.1, -0.05) is 0 Å². The Balaban J connectivity index is 1.93. The van der Waals surface area contributed by atoms with E-state index in [1.54, 1.807) is 26.4 Å². The van der Waals surface area contributed by atoms with E-state index in [1.165, 1.54) is 0 Å². The third-order valence-electron chi connectivity index (χ3n) is 3.64. The lowest BCUT2D eigenvalue weighted by Crippen LogP contribution is -2.45. The minimum absolute atomic E-state index is 0.124. The van der Waals surface area contributed by atoms with Crippen molar-refractivity contribution in [2.45, 2.75) is 25.8 Å². The van der Waals surface area contributed by atoms with Gasteiger partial charge in [-0.05, 0) is 12.8 Å². The van der Waals surface area contributed by atoms with Gasteiger partial charge < -0.3 is 14.5 Å². The molecule has 1 amide bonds. The monoisotopic (exact) mass is 264 g/mol. The van der Waals surface area contributed by atoms with Gasteiger partial charge in [0.05, 0.1) is 19.5 Å². The number of ether oxygens (including phenoxy) is 1. The van der Waals surface area contributed by atoms with Gasteiger partial charge in [0.1, 0.15) is 0 Å². The number of anilines is 1. The Morgan fingerprint density at radius 2 is 1.95 bits per heavy atom. The number of carbonyl (C=O) groups is 1. The zero-order chi connectivity index (χ0) is 13.8. The normalized spacial score (nSPS) is 16.3. The molecule has 104 valence electrons. The Hall–Kier alpha value is -1.85. The maximum Gasteiger partial charge on any atom is 0.225 e. The van der Waals surface area contributed by atoms with Crippen LogP contribution in [-0.2, 0) is 4.79 Å². The first-order valence-electron chi connectivity index (χ1n) is 6.46. The van der Waals surface area contributed by atoms with Crippen LogP contribution in [-0.4, -0.2) is 54.1 Å². The first-order chi connectivity index (χ1) is 9.11. The van der Waals surface area contributed by atoms with Gasteiger partial charge >= 0.3 is 0 Å². The predicted molar refractivity (Wildman–Crippen MR) is 72.3 cm³/mol. The maximum absolute atomic E-state index is 11.3. The maximum atomic E-state index is 11.3. The quantitative estimate of drug-likeness (QED) is 0.813. The molecule has 0 N–H and O–H groups in total. The van der Waals surface area contributed by atoms with E-state index in [1.807, 2.05) is 11.9 Å². The molecule has 19 heavy (non-hydrogen) atoms. The molecule has 0 unspecified atom stereocenters. The topological polar surface area (TPSA) is 58.6 Å². The molecule has 0 spiro atoms. The number of piperidine rings is 1. The van der Waals surface area contributed by atoms with Crippen molar-refractivity contribution in [3.8, 4) is 5.75 Å². The summed E-state index contributed by atoms with van der Waals surface area (Å²) in [7, 11) is 3.47. The van der Waals surface area contributed by atoms with Crippen LogP contribution in [0.5, 0.6) is 5.75 Å². The molecule has 1 aliphatic heterocycles.